The predicted octanol–water partition coefficient (Wildman–Crippen LogP) is 5.03. The molecular weight excluding hydrogens is 518 g/mol. The summed E-state index contributed by atoms with van der Waals surface area (Å²) in [5.41, 5.74) is 5.58. The van der Waals surface area contributed by atoms with Crippen LogP contribution in [0, 0.1) is 0 Å². The number of carbonyl (C=O) groups is 2. The highest BCUT2D eigenvalue weighted by Gasteiger charge is 2.37. The van der Waals surface area contributed by atoms with E-state index in [2.05, 4.69) is 41.1 Å². The van der Waals surface area contributed by atoms with E-state index >= 15 is 0 Å². The Morgan fingerprint density at radius 1 is 1.05 bits per heavy atom. The van der Waals surface area contributed by atoms with Crippen LogP contribution in [0.4, 0.5) is 15.3 Å². The number of fused-ring (bicyclic) bond motifs is 2. The number of rotatable bonds is 5. The minimum absolute atomic E-state index is 0.0431. The summed E-state index contributed by atoms with van der Waals surface area (Å²) < 4.78 is 11.1. The lowest BCUT2D eigenvalue weighted by molar-refractivity contribution is 0.00645. The Hall–Kier alpha value is -3.33. The zero-order chi connectivity index (χ0) is 29.1. The van der Waals surface area contributed by atoms with Gasteiger partial charge in [0.15, 0.2) is 0 Å². The predicted molar refractivity (Wildman–Crippen MR) is 159 cm³/mol. The minimum Gasteiger partial charge on any atom is -0.450 e. The summed E-state index contributed by atoms with van der Waals surface area (Å²) in [4.78, 5) is 39.0. The Morgan fingerprint density at radius 3 is 2.54 bits per heavy atom. The maximum absolute atomic E-state index is 13.5. The highest BCUT2D eigenvalue weighted by Crippen LogP contribution is 2.36. The second-order valence-corrected chi connectivity index (χ2v) is 12.4. The molecule has 3 heterocycles. The van der Waals surface area contributed by atoms with E-state index in [4.69, 9.17) is 14.5 Å². The molecule has 0 N–H and O–H groups in total. The standard InChI is InChI=1S/C32H45N5O4/c1-6-40-30(38)36-18-16-35(17-19-36)27-13-8-11-24-21-37(31(39)41-32(2,3)4)25(20-26(24)27)22-34(5)28-14-7-10-23-12-9-15-33-29(23)28/h8-9,11-13,15,25,28H,6-7,10,14,16-22H2,1-5H3/t25?,28-/m0/s1. The monoisotopic (exact) mass is 563 g/mol. The molecule has 1 saturated heterocycles. The molecule has 1 aromatic carbocycles. The van der Waals surface area contributed by atoms with Gasteiger partial charge in [-0.2, -0.15) is 0 Å². The van der Waals surface area contributed by atoms with Crippen molar-refractivity contribution in [3.8, 4) is 0 Å². The number of hydrogen-bond acceptors (Lipinski definition) is 7. The van der Waals surface area contributed by atoms with Gasteiger partial charge < -0.3 is 19.3 Å². The zero-order valence-corrected chi connectivity index (χ0v) is 25.3. The van der Waals surface area contributed by atoms with Gasteiger partial charge in [-0.1, -0.05) is 18.2 Å². The average Bonchev–Trinajstić information content (AvgIpc) is 2.95. The number of aromatic nitrogens is 1. The maximum atomic E-state index is 13.5. The van der Waals surface area contributed by atoms with Crippen LogP contribution in [-0.2, 0) is 28.9 Å². The lowest BCUT2D eigenvalue weighted by Crippen LogP contribution is -2.52. The molecular formula is C32H45N5O4. The Balaban J connectivity index is 1.39. The van der Waals surface area contributed by atoms with E-state index in [1.54, 1.807) is 4.90 Å². The quantitative estimate of drug-likeness (QED) is 0.505. The van der Waals surface area contributed by atoms with Gasteiger partial charge in [0.2, 0.25) is 0 Å². The summed E-state index contributed by atoms with van der Waals surface area (Å²) in [5.74, 6) is 0. The van der Waals surface area contributed by atoms with Crippen LogP contribution in [0.5, 0.6) is 0 Å². The van der Waals surface area contributed by atoms with Gasteiger partial charge in [0.25, 0.3) is 0 Å². The number of likely N-dealkylation sites (N-methyl/N-ethyl adjacent to an activating group) is 1. The molecule has 5 rings (SSSR count). The lowest BCUT2D eigenvalue weighted by atomic mass is 9.89. The van der Waals surface area contributed by atoms with Crippen molar-refractivity contribution in [2.45, 2.75) is 77.6 Å². The third kappa shape index (κ3) is 6.61. The van der Waals surface area contributed by atoms with Crippen molar-refractivity contribution < 1.29 is 19.1 Å². The SMILES string of the molecule is CCOC(=O)N1CCN(c2cccc3c2CC(CN(C)[C@H]2CCCc4cccnc42)N(C(=O)OC(C)(C)C)C3)CC1. The topological polar surface area (TPSA) is 78.5 Å². The molecule has 9 heteroatoms. The van der Waals surface area contributed by atoms with E-state index in [0.29, 0.717) is 26.2 Å². The second kappa shape index (κ2) is 12.3. The van der Waals surface area contributed by atoms with Crippen LogP contribution < -0.4 is 4.90 Å². The van der Waals surface area contributed by atoms with Gasteiger partial charge in [0, 0.05) is 51.2 Å². The summed E-state index contributed by atoms with van der Waals surface area (Å²) >= 11 is 0. The van der Waals surface area contributed by atoms with Gasteiger partial charge in [-0.3, -0.25) is 14.8 Å². The van der Waals surface area contributed by atoms with E-state index in [-0.39, 0.29) is 24.3 Å². The van der Waals surface area contributed by atoms with Gasteiger partial charge in [-0.15, -0.1) is 0 Å². The number of nitrogens with zero attached hydrogens (tertiary/aromatic N) is 5. The molecule has 0 bridgehead atoms. The number of anilines is 1. The molecule has 1 aromatic heterocycles. The second-order valence-electron chi connectivity index (χ2n) is 12.4. The first-order valence-corrected chi connectivity index (χ1v) is 15.1. The molecule has 222 valence electrons. The fourth-order valence-corrected chi connectivity index (χ4v) is 6.48. The van der Waals surface area contributed by atoms with Gasteiger partial charge in [-0.25, -0.2) is 9.59 Å². The lowest BCUT2D eigenvalue weighted by Gasteiger charge is -2.43. The number of hydrogen-bond donors (Lipinski definition) is 0. The minimum atomic E-state index is -0.569. The van der Waals surface area contributed by atoms with Crippen molar-refractivity contribution in [1.29, 1.82) is 0 Å². The first-order valence-electron chi connectivity index (χ1n) is 15.1. The van der Waals surface area contributed by atoms with Crippen molar-refractivity contribution >= 4 is 17.9 Å². The number of ether oxygens (including phenoxy) is 2. The Morgan fingerprint density at radius 2 is 1.80 bits per heavy atom. The smallest absolute Gasteiger partial charge is 0.410 e. The molecule has 0 radical (unpaired) electrons. The van der Waals surface area contributed by atoms with E-state index in [0.717, 1.165) is 50.9 Å². The van der Waals surface area contributed by atoms with Crippen LogP contribution >= 0.6 is 0 Å². The highest BCUT2D eigenvalue weighted by atomic mass is 16.6. The van der Waals surface area contributed by atoms with E-state index in [9.17, 15) is 9.59 Å². The first kappa shape index (κ1) is 29.2. The van der Waals surface area contributed by atoms with Crippen molar-refractivity contribution in [1.82, 2.24) is 19.7 Å². The number of benzene rings is 1. The molecule has 3 aliphatic rings. The maximum Gasteiger partial charge on any atom is 0.410 e. The van der Waals surface area contributed by atoms with Crippen LogP contribution in [0.25, 0.3) is 0 Å². The molecule has 1 fully saturated rings. The summed E-state index contributed by atoms with van der Waals surface area (Å²) in [6.07, 6.45) is 5.40. The van der Waals surface area contributed by atoms with E-state index in [1.807, 2.05) is 44.9 Å². The molecule has 1 unspecified atom stereocenters. The molecule has 41 heavy (non-hydrogen) atoms. The highest BCUT2D eigenvalue weighted by molar-refractivity contribution is 5.71. The van der Waals surface area contributed by atoms with E-state index < -0.39 is 5.60 Å². The van der Waals surface area contributed by atoms with Gasteiger partial charge in [-0.05, 0) is 89.2 Å². The normalized spacial score (nSPS) is 20.9. The van der Waals surface area contributed by atoms with Gasteiger partial charge in [0.1, 0.15) is 5.60 Å². The number of piperazine rings is 1. The fourth-order valence-electron chi connectivity index (χ4n) is 6.48. The largest absolute Gasteiger partial charge is 0.450 e. The Kier molecular flexibility index (Phi) is 8.73. The summed E-state index contributed by atoms with van der Waals surface area (Å²) in [7, 11) is 2.16. The molecule has 2 aromatic rings. The van der Waals surface area contributed by atoms with Crippen LogP contribution in [-0.4, -0.2) is 89.9 Å². The molecule has 0 spiro atoms. The Labute approximate surface area is 244 Å². The van der Waals surface area contributed by atoms with Gasteiger partial charge in [0.05, 0.1) is 24.4 Å². The van der Waals surface area contributed by atoms with Crippen molar-refractivity contribution in [3.63, 3.8) is 0 Å². The molecule has 9 nitrogen and oxygen atoms in total. The number of amides is 2. The van der Waals surface area contributed by atoms with Crippen LogP contribution in [0.1, 0.15) is 69.0 Å². The zero-order valence-electron chi connectivity index (χ0n) is 25.3. The third-order valence-electron chi connectivity index (χ3n) is 8.44. The average molecular weight is 564 g/mol. The van der Waals surface area contributed by atoms with Crippen LogP contribution in [0.15, 0.2) is 36.5 Å². The number of pyridine rings is 1. The van der Waals surface area contributed by atoms with E-state index in [1.165, 1.54) is 22.5 Å². The Bertz CT molecular complexity index is 1240. The third-order valence-corrected chi connectivity index (χ3v) is 8.44. The molecule has 2 amide bonds. The van der Waals surface area contributed by atoms with Crippen molar-refractivity contribution in [2.75, 3.05) is 51.3 Å². The van der Waals surface area contributed by atoms with Crippen molar-refractivity contribution in [2.24, 2.45) is 0 Å². The first-order chi connectivity index (χ1) is 19.6. The van der Waals surface area contributed by atoms with Gasteiger partial charge >= 0.3 is 12.2 Å². The van der Waals surface area contributed by atoms with Crippen molar-refractivity contribution in [3.05, 3.63) is 58.9 Å². The summed E-state index contributed by atoms with van der Waals surface area (Å²) in [6.45, 7) is 12.0. The van der Waals surface area contributed by atoms with Crippen LogP contribution in [0.2, 0.25) is 0 Å². The summed E-state index contributed by atoms with van der Waals surface area (Å²) in [5, 5.41) is 0. The molecule has 2 atom stereocenters. The summed E-state index contributed by atoms with van der Waals surface area (Å²) in [6, 6.07) is 10.8. The van der Waals surface area contributed by atoms with Crippen LogP contribution in [0.3, 0.4) is 0 Å². The molecule has 0 saturated carbocycles. The number of carbonyl (C=O) groups excluding carboxylic acids is 2. The molecule has 2 aliphatic heterocycles. The number of aryl methyl sites for hydroxylation is 1. The fraction of sp³-hybridized carbons (Fsp3) is 0.594. The molecule has 1 aliphatic carbocycles.